The van der Waals surface area contributed by atoms with Crippen LogP contribution in [-0.2, 0) is 0 Å². The fraction of sp³-hybridized carbons (Fsp3) is 0.143. The highest BCUT2D eigenvalue weighted by atomic mass is 79.9. The summed E-state index contributed by atoms with van der Waals surface area (Å²) in [7, 11) is 0. The van der Waals surface area contributed by atoms with Crippen molar-refractivity contribution in [1.82, 2.24) is 0 Å². The van der Waals surface area contributed by atoms with E-state index in [9.17, 15) is 15.2 Å². The van der Waals surface area contributed by atoms with E-state index in [2.05, 4.69) is 15.9 Å². The summed E-state index contributed by atoms with van der Waals surface area (Å²) in [4.78, 5) is 10.3. The molecule has 0 aliphatic carbocycles. The third-order valence-electron chi connectivity index (χ3n) is 2.73. The van der Waals surface area contributed by atoms with E-state index in [1.807, 2.05) is 0 Å². The molecule has 0 saturated heterocycles. The van der Waals surface area contributed by atoms with E-state index < -0.39 is 11.0 Å². The lowest BCUT2D eigenvalue weighted by Gasteiger charge is -2.10. The molecule has 7 heteroatoms. The van der Waals surface area contributed by atoms with Crippen LogP contribution in [0.5, 0.6) is 11.5 Å². The van der Waals surface area contributed by atoms with Crippen molar-refractivity contribution in [2.24, 2.45) is 0 Å². The number of nitrogens with zero attached hydrogens (tertiary/aromatic N) is 1. The average Bonchev–Trinajstić information content (AvgIpc) is 2.40. The van der Waals surface area contributed by atoms with Crippen LogP contribution in [0.3, 0.4) is 0 Å². The van der Waals surface area contributed by atoms with Crippen LogP contribution in [0.25, 0.3) is 0 Å². The van der Waals surface area contributed by atoms with Gasteiger partial charge < -0.3 is 9.84 Å². The number of nitro benzene ring substituents is 1. The van der Waals surface area contributed by atoms with Crippen molar-refractivity contribution in [3.05, 3.63) is 61.6 Å². The summed E-state index contributed by atoms with van der Waals surface area (Å²) in [5, 5.41) is 20.6. The number of aliphatic hydroxyl groups excluding tert-OH is 1. The Labute approximate surface area is 134 Å². The van der Waals surface area contributed by atoms with Gasteiger partial charge in [-0.15, -0.1) is 0 Å². The Morgan fingerprint density at radius 3 is 2.62 bits per heavy atom. The highest BCUT2D eigenvalue weighted by Crippen LogP contribution is 2.34. The quantitative estimate of drug-likeness (QED) is 0.614. The molecular formula is C14H11BrClNO4. The van der Waals surface area contributed by atoms with E-state index in [0.29, 0.717) is 26.6 Å². The van der Waals surface area contributed by atoms with Crippen LogP contribution in [-0.4, -0.2) is 10.0 Å². The zero-order valence-electron chi connectivity index (χ0n) is 10.9. The van der Waals surface area contributed by atoms with Crippen molar-refractivity contribution in [3.63, 3.8) is 0 Å². The summed E-state index contributed by atoms with van der Waals surface area (Å²) in [5.41, 5.74) is 0.573. The molecule has 5 nitrogen and oxygen atoms in total. The molecule has 1 N–H and O–H groups in total. The minimum Gasteiger partial charge on any atom is -0.456 e. The molecular weight excluding hydrogens is 362 g/mol. The Kier molecular flexibility index (Phi) is 4.82. The lowest BCUT2D eigenvalue weighted by Crippen LogP contribution is -1.93. The molecule has 2 aromatic rings. The number of non-ortho nitro benzene ring substituents is 1. The fourth-order valence-corrected chi connectivity index (χ4v) is 2.39. The Bertz CT molecular complexity index is 691. The van der Waals surface area contributed by atoms with Gasteiger partial charge in [0.15, 0.2) is 0 Å². The first-order valence-electron chi connectivity index (χ1n) is 5.97. The molecule has 2 rings (SSSR count). The second-order valence-electron chi connectivity index (χ2n) is 4.37. The number of hydrogen-bond acceptors (Lipinski definition) is 4. The number of rotatable bonds is 4. The van der Waals surface area contributed by atoms with Crippen molar-refractivity contribution in [2.75, 3.05) is 0 Å². The highest BCUT2D eigenvalue weighted by molar-refractivity contribution is 9.10. The number of nitro groups is 1. The monoisotopic (exact) mass is 371 g/mol. The zero-order valence-corrected chi connectivity index (χ0v) is 13.3. The molecule has 0 aliphatic rings. The van der Waals surface area contributed by atoms with Gasteiger partial charge in [0, 0.05) is 10.5 Å². The third-order valence-corrected chi connectivity index (χ3v) is 3.49. The summed E-state index contributed by atoms with van der Waals surface area (Å²) in [5.74, 6) is 0.649. The highest BCUT2D eigenvalue weighted by Gasteiger charge is 2.12. The molecule has 1 atom stereocenters. The molecule has 0 bridgehead atoms. The van der Waals surface area contributed by atoms with Crippen LogP contribution in [0.4, 0.5) is 5.69 Å². The van der Waals surface area contributed by atoms with Crippen LogP contribution >= 0.6 is 27.5 Å². The first-order chi connectivity index (χ1) is 9.86. The van der Waals surface area contributed by atoms with Crippen LogP contribution in [0.2, 0.25) is 5.02 Å². The summed E-state index contributed by atoms with van der Waals surface area (Å²) >= 11 is 9.28. The van der Waals surface area contributed by atoms with E-state index in [-0.39, 0.29) is 5.69 Å². The van der Waals surface area contributed by atoms with Gasteiger partial charge in [0.05, 0.1) is 22.1 Å². The minimum absolute atomic E-state index is 0.0869. The van der Waals surface area contributed by atoms with Gasteiger partial charge in [0.25, 0.3) is 5.69 Å². The largest absolute Gasteiger partial charge is 0.456 e. The second kappa shape index (κ2) is 6.43. The van der Waals surface area contributed by atoms with E-state index in [0.717, 1.165) is 0 Å². The minimum atomic E-state index is -0.636. The van der Waals surface area contributed by atoms with Crippen LogP contribution in [0.1, 0.15) is 18.6 Å². The molecule has 0 saturated carbocycles. The topological polar surface area (TPSA) is 72.6 Å². The van der Waals surface area contributed by atoms with Crippen molar-refractivity contribution in [3.8, 4) is 11.5 Å². The van der Waals surface area contributed by atoms with Crippen LogP contribution in [0.15, 0.2) is 40.9 Å². The van der Waals surface area contributed by atoms with Crippen LogP contribution in [0, 0.1) is 10.1 Å². The van der Waals surface area contributed by atoms with Gasteiger partial charge in [0.1, 0.15) is 11.5 Å². The number of hydrogen-bond donors (Lipinski definition) is 1. The molecule has 0 radical (unpaired) electrons. The van der Waals surface area contributed by atoms with E-state index in [1.165, 1.54) is 12.1 Å². The van der Waals surface area contributed by atoms with E-state index in [4.69, 9.17) is 16.3 Å². The number of ether oxygens (including phenoxy) is 1. The Balaban J connectivity index is 2.32. The SMILES string of the molecule is C[C@@H](O)c1ccc(Oc2cc(Br)cc([N+](=O)[O-])c2)c(Cl)c1. The first kappa shape index (κ1) is 15.8. The lowest BCUT2D eigenvalue weighted by atomic mass is 10.1. The molecule has 0 unspecified atom stereocenters. The Morgan fingerprint density at radius 1 is 1.33 bits per heavy atom. The first-order valence-corrected chi connectivity index (χ1v) is 7.14. The van der Waals surface area contributed by atoms with Gasteiger partial charge >= 0.3 is 0 Å². The average molecular weight is 373 g/mol. The van der Waals surface area contributed by atoms with Crippen molar-refractivity contribution in [1.29, 1.82) is 0 Å². The van der Waals surface area contributed by atoms with Gasteiger partial charge in [-0.1, -0.05) is 33.6 Å². The molecule has 21 heavy (non-hydrogen) atoms. The molecule has 0 aliphatic heterocycles. The van der Waals surface area contributed by atoms with Crippen molar-refractivity contribution >= 4 is 33.2 Å². The van der Waals surface area contributed by atoms with Gasteiger partial charge in [-0.2, -0.15) is 0 Å². The molecule has 110 valence electrons. The standard InChI is InChI=1S/C14H11BrClNO4/c1-8(18)9-2-3-14(13(16)4-9)21-12-6-10(15)5-11(7-12)17(19)20/h2-8,18H,1H3/t8-/m1/s1. The van der Waals surface area contributed by atoms with Crippen LogP contribution < -0.4 is 4.74 Å². The lowest BCUT2D eigenvalue weighted by molar-refractivity contribution is -0.385. The normalized spacial score (nSPS) is 12.0. The number of aliphatic hydroxyl groups is 1. The predicted molar refractivity (Wildman–Crippen MR) is 83.0 cm³/mol. The maximum Gasteiger partial charge on any atom is 0.274 e. The smallest absolute Gasteiger partial charge is 0.274 e. The Morgan fingerprint density at radius 2 is 2.05 bits per heavy atom. The predicted octanol–water partition coefficient (Wildman–Crippen LogP) is 4.86. The van der Waals surface area contributed by atoms with Crippen molar-refractivity contribution in [2.45, 2.75) is 13.0 Å². The van der Waals surface area contributed by atoms with Crippen molar-refractivity contribution < 1.29 is 14.8 Å². The second-order valence-corrected chi connectivity index (χ2v) is 5.69. The molecule has 0 heterocycles. The third kappa shape index (κ3) is 3.93. The van der Waals surface area contributed by atoms with E-state index >= 15 is 0 Å². The Hall–Kier alpha value is -1.63. The van der Waals surface area contributed by atoms with E-state index in [1.54, 1.807) is 31.2 Å². The van der Waals surface area contributed by atoms with Gasteiger partial charge in [-0.05, 0) is 30.7 Å². The maximum absolute atomic E-state index is 10.8. The fourth-order valence-electron chi connectivity index (χ4n) is 1.70. The molecule has 0 spiro atoms. The summed E-state index contributed by atoms with van der Waals surface area (Å²) in [6.07, 6.45) is -0.636. The van der Waals surface area contributed by atoms with Gasteiger partial charge in [-0.25, -0.2) is 0 Å². The molecule has 0 aromatic heterocycles. The number of benzene rings is 2. The molecule has 0 fully saturated rings. The van der Waals surface area contributed by atoms with Gasteiger partial charge in [0.2, 0.25) is 0 Å². The summed E-state index contributed by atoms with van der Waals surface area (Å²) in [6, 6.07) is 9.17. The molecule has 0 amide bonds. The number of halogens is 2. The zero-order chi connectivity index (χ0) is 15.6. The summed E-state index contributed by atoms with van der Waals surface area (Å²) in [6.45, 7) is 1.63. The van der Waals surface area contributed by atoms with Gasteiger partial charge in [-0.3, -0.25) is 10.1 Å². The molecule has 2 aromatic carbocycles. The summed E-state index contributed by atoms with van der Waals surface area (Å²) < 4.78 is 6.10. The maximum atomic E-state index is 10.8.